The van der Waals surface area contributed by atoms with E-state index < -0.39 is 12.1 Å². The number of ether oxygens (including phenoxy) is 1. The molecule has 0 saturated carbocycles. The molecule has 0 spiro atoms. The second kappa shape index (κ2) is 5.53. The molecule has 0 amide bonds. The second-order valence-electron chi connectivity index (χ2n) is 3.77. The maximum Gasteiger partial charge on any atom is 0.573 e. The zero-order chi connectivity index (χ0) is 14.8. The molecule has 0 radical (unpaired) electrons. The van der Waals surface area contributed by atoms with Crippen molar-refractivity contribution in [3.8, 4) is 5.75 Å². The molecule has 0 aliphatic heterocycles. The van der Waals surface area contributed by atoms with Gasteiger partial charge in [-0.25, -0.2) is 4.68 Å². The Kier molecular flexibility index (Phi) is 3.98. The van der Waals surface area contributed by atoms with Crippen LogP contribution in [0.2, 0.25) is 5.02 Å². The molecule has 0 fully saturated rings. The Morgan fingerprint density at radius 1 is 1.40 bits per heavy atom. The van der Waals surface area contributed by atoms with E-state index in [0.717, 1.165) is 6.07 Å². The van der Waals surface area contributed by atoms with Crippen molar-refractivity contribution in [1.29, 1.82) is 0 Å². The predicted octanol–water partition coefficient (Wildman–Crippen LogP) is 2.37. The van der Waals surface area contributed by atoms with Crippen LogP contribution in [0.3, 0.4) is 0 Å². The van der Waals surface area contributed by atoms with Gasteiger partial charge in [-0.15, -0.1) is 18.3 Å². The summed E-state index contributed by atoms with van der Waals surface area (Å²) >= 11 is 5.72. The van der Waals surface area contributed by atoms with Crippen LogP contribution in [0, 0.1) is 0 Å². The van der Waals surface area contributed by atoms with E-state index in [1.54, 1.807) is 7.05 Å². The standard InChI is InChI=1S/C10H9ClF3N5O/c1-19-9(16-17-18-19)5-15-6-2-3-8(7(11)4-6)20-10(12,13)14/h2-4,15H,5H2,1H3. The predicted molar refractivity (Wildman–Crippen MR) is 64.3 cm³/mol. The van der Waals surface area contributed by atoms with Gasteiger partial charge in [0, 0.05) is 12.7 Å². The lowest BCUT2D eigenvalue weighted by Crippen LogP contribution is -2.17. The van der Waals surface area contributed by atoms with Crippen molar-refractivity contribution in [2.24, 2.45) is 7.05 Å². The van der Waals surface area contributed by atoms with Crippen LogP contribution in [0.4, 0.5) is 18.9 Å². The van der Waals surface area contributed by atoms with Crippen molar-refractivity contribution in [1.82, 2.24) is 20.2 Å². The Balaban J connectivity index is 2.04. The lowest BCUT2D eigenvalue weighted by molar-refractivity contribution is -0.274. The highest BCUT2D eigenvalue weighted by atomic mass is 35.5. The molecule has 0 unspecified atom stereocenters. The van der Waals surface area contributed by atoms with Gasteiger partial charge in [-0.3, -0.25) is 0 Å². The summed E-state index contributed by atoms with van der Waals surface area (Å²) in [6.45, 7) is 0.305. The number of nitrogens with zero attached hydrogens (tertiary/aromatic N) is 4. The molecule has 2 rings (SSSR count). The summed E-state index contributed by atoms with van der Waals surface area (Å²) in [4.78, 5) is 0. The van der Waals surface area contributed by atoms with Crippen LogP contribution in [0.1, 0.15) is 5.82 Å². The normalized spacial score (nSPS) is 11.4. The number of aromatic nitrogens is 4. The number of tetrazole rings is 1. The van der Waals surface area contributed by atoms with E-state index in [1.807, 2.05) is 0 Å². The molecule has 1 heterocycles. The van der Waals surface area contributed by atoms with E-state index >= 15 is 0 Å². The summed E-state index contributed by atoms with van der Waals surface area (Å²) in [6, 6.07) is 3.87. The lowest BCUT2D eigenvalue weighted by atomic mass is 10.3. The average Bonchev–Trinajstić information content (AvgIpc) is 2.74. The third-order valence-electron chi connectivity index (χ3n) is 2.32. The van der Waals surface area contributed by atoms with E-state index in [4.69, 9.17) is 11.6 Å². The molecule has 10 heteroatoms. The van der Waals surface area contributed by atoms with Crippen LogP contribution in [0.25, 0.3) is 0 Å². The molecular weight excluding hydrogens is 299 g/mol. The number of halogens is 4. The maximum atomic E-state index is 12.1. The van der Waals surface area contributed by atoms with Gasteiger partial charge >= 0.3 is 6.36 Å². The summed E-state index contributed by atoms with van der Waals surface area (Å²) in [7, 11) is 1.67. The Hall–Kier alpha value is -2.03. The molecule has 20 heavy (non-hydrogen) atoms. The molecule has 108 valence electrons. The molecule has 1 aromatic heterocycles. The SMILES string of the molecule is Cn1nnnc1CNc1ccc(OC(F)(F)F)c(Cl)c1. The van der Waals surface area contributed by atoms with Crippen molar-refractivity contribution in [3.05, 3.63) is 29.0 Å². The average molecular weight is 308 g/mol. The number of benzene rings is 1. The quantitative estimate of drug-likeness (QED) is 0.939. The summed E-state index contributed by atoms with van der Waals surface area (Å²) in [5.41, 5.74) is 0.521. The minimum atomic E-state index is -4.77. The molecule has 1 N–H and O–H groups in total. The van der Waals surface area contributed by atoms with Gasteiger partial charge in [0.15, 0.2) is 5.82 Å². The fourth-order valence-electron chi connectivity index (χ4n) is 1.40. The zero-order valence-corrected chi connectivity index (χ0v) is 10.9. The summed E-state index contributed by atoms with van der Waals surface area (Å²) in [6.07, 6.45) is -4.77. The van der Waals surface area contributed by atoms with Gasteiger partial charge in [0.25, 0.3) is 0 Å². The molecule has 0 bridgehead atoms. The van der Waals surface area contributed by atoms with Gasteiger partial charge in [0.05, 0.1) is 11.6 Å². The van der Waals surface area contributed by atoms with Gasteiger partial charge < -0.3 is 10.1 Å². The van der Waals surface area contributed by atoms with Crippen molar-refractivity contribution in [2.75, 3.05) is 5.32 Å². The molecule has 2 aromatic rings. The molecular formula is C10H9ClF3N5O. The van der Waals surface area contributed by atoms with E-state index in [2.05, 4.69) is 25.6 Å². The van der Waals surface area contributed by atoms with E-state index in [-0.39, 0.29) is 5.02 Å². The first-order valence-corrected chi connectivity index (χ1v) is 5.73. The Morgan fingerprint density at radius 3 is 2.70 bits per heavy atom. The number of rotatable bonds is 4. The molecule has 0 saturated heterocycles. The minimum absolute atomic E-state index is 0.150. The van der Waals surface area contributed by atoms with Crippen molar-refractivity contribution in [2.45, 2.75) is 12.9 Å². The molecule has 6 nitrogen and oxygen atoms in total. The number of hydrogen-bond donors (Lipinski definition) is 1. The first-order valence-electron chi connectivity index (χ1n) is 5.35. The molecule has 0 aliphatic rings. The number of nitrogens with one attached hydrogen (secondary N) is 1. The zero-order valence-electron chi connectivity index (χ0n) is 10.1. The minimum Gasteiger partial charge on any atom is -0.404 e. The van der Waals surface area contributed by atoms with Gasteiger partial charge in [0.2, 0.25) is 0 Å². The van der Waals surface area contributed by atoms with E-state index in [9.17, 15) is 13.2 Å². The summed E-state index contributed by atoms with van der Waals surface area (Å²) in [5.74, 6) is 0.113. The summed E-state index contributed by atoms with van der Waals surface area (Å²) in [5, 5.41) is 13.6. The number of alkyl halides is 3. The van der Waals surface area contributed by atoms with Crippen molar-refractivity contribution >= 4 is 17.3 Å². The largest absolute Gasteiger partial charge is 0.573 e. The second-order valence-corrected chi connectivity index (χ2v) is 4.17. The Bertz CT molecular complexity index is 601. The van der Waals surface area contributed by atoms with Crippen LogP contribution >= 0.6 is 11.6 Å². The van der Waals surface area contributed by atoms with Gasteiger partial charge in [-0.1, -0.05) is 11.6 Å². The smallest absolute Gasteiger partial charge is 0.404 e. The molecule has 0 aliphatic carbocycles. The van der Waals surface area contributed by atoms with Crippen molar-refractivity contribution in [3.63, 3.8) is 0 Å². The van der Waals surface area contributed by atoms with Crippen LogP contribution in [-0.4, -0.2) is 26.6 Å². The number of aryl methyl sites for hydroxylation is 1. The highest BCUT2D eigenvalue weighted by Gasteiger charge is 2.32. The monoisotopic (exact) mass is 307 g/mol. The third-order valence-corrected chi connectivity index (χ3v) is 2.61. The van der Waals surface area contributed by atoms with E-state index in [1.165, 1.54) is 16.8 Å². The Morgan fingerprint density at radius 2 is 2.15 bits per heavy atom. The topological polar surface area (TPSA) is 64.9 Å². The van der Waals surface area contributed by atoms with Crippen LogP contribution in [0.5, 0.6) is 5.75 Å². The fourth-order valence-corrected chi connectivity index (χ4v) is 1.62. The van der Waals surface area contributed by atoms with Crippen LogP contribution in [-0.2, 0) is 13.6 Å². The number of anilines is 1. The number of hydrogen-bond acceptors (Lipinski definition) is 5. The van der Waals surface area contributed by atoms with Gasteiger partial charge in [-0.2, -0.15) is 0 Å². The third kappa shape index (κ3) is 3.73. The summed E-state index contributed by atoms with van der Waals surface area (Å²) < 4.78 is 41.5. The fraction of sp³-hybridized carbons (Fsp3) is 0.300. The highest BCUT2D eigenvalue weighted by molar-refractivity contribution is 6.32. The van der Waals surface area contributed by atoms with Crippen molar-refractivity contribution < 1.29 is 17.9 Å². The molecule has 1 aromatic carbocycles. The van der Waals surface area contributed by atoms with E-state index in [0.29, 0.717) is 18.1 Å². The first kappa shape index (κ1) is 14.4. The lowest BCUT2D eigenvalue weighted by Gasteiger charge is -2.12. The Labute approximate surface area is 116 Å². The van der Waals surface area contributed by atoms with Gasteiger partial charge in [0.1, 0.15) is 5.75 Å². The van der Waals surface area contributed by atoms with Crippen LogP contribution < -0.4 is 10.1 Å². The van der Waals surface area contributed by atoms with Gasteiger partial charge in [-0.05, 0) is 28.6 Å². The first-order chi connectivity index (χ1) is 9.35. The highest BCUT2D eigenvalue weighted by Crippen LogP contribution is 2.32. The molecule has 0 atom stereocenters. The maximum absolute atomic E-state index is 12.1. The van der Waals surface area contributed by atoms with Crippen LogP contribution in [0.15, 0.2) is 18.2 Å².